The normalized spacial score (nSPS) is 18.4. The second-order valence-corrected chi connectivity index (χ2v) is 3.76. The van der Waals surface area contributed by atoms with Crippen LogP contribution in [0.25, 0.3) is 0 Å². The molecule has 0 spiro atoms. The van der Waals surface area contributed by atoms with E-state index in [0.29, 0.717) is 6.54 Å². The Hall–Kier alpha value is -0.520. The zero-order valence-corrected chi connectivity index (χ0v) is 8.55. The average Bonchev–Trinajstić information content (AvgIpc) is 2.19. The average molecular weight is 180 g/mol. The molecule has 1 aliphatic rings. The first-order valence-corrected chi connectivity index (χ1v) is 5.20. The van der Waals surface area contributed by atoms with E-state index in [2.05, 4.69) is 23.8 Å². The minimum atomic E-state index is 0.485. The number of rotatable bonds is 2. The van der Waals surface area contributed by atoms with Crippen molar-refractivity contribution >= 4 is 0 Å². The van der Waals surface area contributed by atoms with E-state index in [-0.39, 0.29) is 0 Å². The third-order valence-corrected chi connectivity index (χ3v) is 2.75. The first-order chi connectivity index (χ1) is 6.34. The van der Waals surface area contributed by atoms with Gasteiger partial charge in [0.15, 0.2) is 0 Å². The predicted octanol–water partition coefficient (Wildman–Crippen LogP) is 1.21. The highest BCUT2D eigenvalue weighted by Crippen LogP contribution is 2.20. The van der Waals surface area contributed by atoms with Gasteiger partial charge in [-0.05, 0) is 19.9 Å². The van der Waals surface area contributed by atoms with Gasteiger partial charge in [0.2, 0.25) is 0 Å². The fraction of sp³-hybridized carbons (Fsp3) is 0.818. The lowest BCUT2D eigenvalue weighted by atomic mass is 9.94. The second kappa shape index (κ2) is 6.01. The van der Waals surface area contributed by atoms with Crippen LogP contribution in [-0.4, -0.2) is 31.1 Å². The molecule has 0 saturated heterocycles. The van der Waals surface area contributed by atoms with Crippen molar-refractivity contribution in [2.75, 3.05) is 20.1 Å². The molecule has 0 heterocycles. The summed E-state index contributed by atoms with van der Waals surface area (Å²) in [5, 5.41) is 0. The van der Waals surface area contributed by atoms with Crippen LogP contribution in [-0.2, 0) is 0 Å². The summed E-state index contributed by atoms with van der Waals surface area (Å²) < 4.78 is 0. The molecule has 1 fully saturated rings. The first kappa shape index (κ1) is 10.6. The molecular weight excluding hydrogens is 160 g/mol. The van der Waals surface area contributed by atoms with Gasteiger partial charge in [-0.2, -0.15) is 0 Å². The lowest BCUT2D eigenvalue weighted by Gasteiger charge is -2.29. The van der Waals surface area contributed by atoms with Crippen LogP contribution in [0.3, 0.4) is 0 Å². The molecule has 0 aliphatic heterocycles. The Labute approximate surface area is 81.5 Å². The van der Waals surface area contributed by atoms with E-state index in [4.69, 9.17) is 5.73 Å². The molecule has 74 valence electrons. The summed E-state index contributed by atoms with van der Waals surface area (Å²) in [5.74, 6) is 5.99. The Kier molecular flexibility index (Phi) is 4.88. The van der Waals surface area contributed by atoms with Crippen molar-refractivity contribution in [3.63, 3.8) is 0 Å². The third kappa shape index (κ3) is 3.80. The van der Waals surface area contributed by atoms with Gasteiger partial charge in [-0.25, -0.2) is 0 Å². The molecule has 0 aromatic carbocycles. The molecule has 0 bridgehead atoms. The smallest absolute Gasteiger partial charge is 0.0601 e. The number of nitrogens with zero attached hydrogens (tertiary/aromatic N) is 1. The number of hydrogen-bond donors (Lipinski definition) is 1. The lowest BCUT2D eigenvalue weighted by molar-refractivity contribution is 0.212. The summed E-state index contributed by atoms with van der Waals surface area (Å²) in [6.45, 7) is 1.36. The highest BCUT2D eigenvalue weighted by Gasteiger charge is 2.16. The molecule has 2 N–H and O–H groups in total. The largest absolute Gasteiger partial charge is 0.320 e. The molecule has 1 saturated carbocycles. The van der Waals surface area contributed by atoms with Crippen molar-refractivity contribution < 1.29 is 0 Å². The quantitative estimate of drug-likeness (QED) is 0.647. The van der Waals surface area contributed by atoms with Crippen LogP contribution >= 0.6 is 0 Å². The summed E-state index contributed by atoms with van der Waals surface area (Å²) in [6.07, 6.45) is 6.89. The van der Waals surface area contributed by atoms with Gasteiger partial charge in [-0.15, -0.1) is 0 Å². The van der Waals surface area contributed by atoms with Crippen molar-refractivity contribution in [1.29, 1.82) is 0 Å². The minimum absolute atomic E-state index is 0.485. The van der Waals surface area contributed by atoms with Gasteiger partial charge in [0.1, 0.15) is 0 Å². The number of hydrogen-bond acceptors (Lipinski definition) is 2. The van der Waals surface area contributed by atoms with Gasteiger partial charge in [0, 0.05) is 6.04 Å². The lowest BCUT2D eigenvalue weighted by Crippen LogP contribution is -2.33. The van der Waals surface area contributed by atoms with Crippen LogP contribution in [0.2, 0.25) is 0 Å². The van der Waals surface area contributed by atoms with E-state index in [0.717, 1.165) is 12.6 Å². The van der Waals surface area contributed by atoms with E-state index in [1.165, 1.54) is 32.1 Å². The summed E-state index contributed by atoms with van der Waals surface area (Å²) >= 11 is 0. The highest BCUT2D eigenvalue weighted by molar-refractivity contribution is 5.02. The molecule has 1 aliphatic carbocycles. The molecule has 0 aromatic rings. The summed E-state index contributed by atoms with van der Waals surface area (Å²) in [7, 11) is 2.17. The van der Waals surface area contributed by atoms with E-state index in [1.54, 1.807) is 0 Å². The summed E-state index contributed by atoms with van der Waals surface area (Å²) in [5.41, 5.74) is 5.30. The third-order valence-electron chi connectivity index (χ3n) is 2.75. The molecule has 2 nitrogen and oxygen atoms in total. The second-order valence-electron chi connectivity index (χ2n) is 3.76. The van der Waals surface area contributed by atoms with E-state index >= 15 is 0 Å². The monoisotopic (exact) mass is 180 g/mol. The van der Waals surface area contributed by atoms with Gasteiger partial charge in [0.05, 0.1) is 13.1 Å². The maximum Gasteiger partial charge on any atom is 0.0601 e. The Bertz CT molecular complexity index is 184. The van der Waals surface area contributed by atoms with Gasteiger partial charge in [-0.3, -0.25) is 4.90 Å². The minimum Gasteiger partial charge on any atom is -0.320 e. The van der Waals surface area contributed by atoms with Gasteiger partial charge < -0.3 is 5.73 Å². The molecule has 1 rings (SSSR count). The van der Waals surface area contributed by atoms with E-state index in [1.807, 2.05) is 0 Å². The SMILES string of the molecule is CN(CC#CCN)C1CCCCC1. The first-order valence-electron chi connectivity index (χ1n) is 5.20. The van der Waals surface area contributed by atoms with Crippen LogP contribution in [0.4, 0.5) is 0 Å². The zero-order valence-electron chi connectivity index (χ0n) is 8.55. The standard InChI is InChI=1S/C11H20N2/c1-13(10-6-5-9-12)11-7-3-2-4-8-11/h11H,2-4,7-10,12H2,1H3. The van der Waals surface area contributed by atoms with Crippen LogP contribution in [0.15, 0.2) is 0 Å². The van der Waals surface area contributed by atoms with Crippen LogP contribution in [0.1, 0.15) is 32.1 Å². The van der Waals surface area contributed by atoms with Crippen molar-refractivity contribution in [3.05, 3.63) is 0 Å². The van der Waals surface area contributed by atoms with Crippen LogP contribution < -0.4 is 5.73 Å². The van der Waals surface area contributed by atoms with Crippen LogP contribution in [0, 0.1) is 11.8 Å². The number of nitrogens with two attached hydrogens (primary N) is 1. The predicted molar refractivity (Wildman–Crippen MR) is 56.3 cm³/mol. The Morgan fingerprint density at radius 3 is 2.54 bits per heavy atom. The van der Waals surface area contributed by atoms with Crippen molar-refractivity contribution in [2.24, 2.45) is 5.73 Å². The fourth-order valence-electron chi connectivity index (χ4n) is 1.90. The Balaban J connectivity index is 2.24. The Morgan fingerprint density at radius 2 is 1.92 bits per heavy atom. The van der Waals surface area contributed by atoms with Crippen molar-refractivity contribution in [1.82, 2.24) is 4.90 Å². The highest BCUT2D eigenvalue weighted by atomic mass is 15.1. The van der Waals surface area contributed by atoms with Gasteiger partial charge in [-0.1, -0.05) is 31.1 Å². The summed E-state index contributed by atoms with van der Waals surface area (Å²) in [4.78, 5) is 2.36. The molecular formula is C11H20N2. The zero-order chi connectivity index (χ0) is 9.52. The van der Waals surface area contributed by atoms with Gasteiger partial charge >= 0.3 is 0 Å². The fourth-order valence-corrected chi connectivity index (χ4v) is 1.90. The maximum absolute atomic E-state index is 5.30. The maximum atomic E-state index is 5.30. The molecule has 0 atom stereocenters. The molecule has 0 amide bonds. The van der Waals surface area contributed by atoms with E-state index < -0.39 is 0 Å². The van der Waals surface area contributed by atoms with Crippen molar-refractivity contribution in [3.8, 4) is 11.8 Å². The molecule has 13 heavy (non-hydrogen) atoms. The Morgan fingerprint density at radius 1 is 1.23 bits per heavy atom. The molecule has 2 heteroatoms. The molecule has 0 radical (unpaired) electrons. The topological polar surface area (TPSA) is 29.3 Å². The van der Waals surface area contributed by atoms with Crippen molar-refractivity contribution in [2.45, 2.75) is 38.1 Å². The molecule has 0 unspecified atom stereocenters. The van der Waals surface area contributed by atoms with Crippen LogP contribution in [0.5, 0.6) is 0 Å². The van der Waals surface area contributed by atoms with Gasteiger partial charge in [0.25, 0.3) is 0 Å². The summed E-state index contributed by atoms with van der Waals surface area (Å²) in [6, 6.07) is 0.765. The van der Waals surface area contributed by atoms with E-state index in [9.17, 15) is 0 Å². The molecule has 0 aromatic heterocycles.